The number of ether oxygens (including phenoxy) is 1. The summed E-state index contributed by atoms with van der Waals surface area (Å²) in [6.45, 7) is 7.88. The number of guanidine groups is 1. The summed E-state index contributed by atoms with van der Waals surface area (Å²) in [4.78, 5) is 35.6. The number of likely N-dealkylation sites (tertiary alicyclic amines) is 1. The molecule has 3 N–H and O–H groups in total. The Balaban J connectivity index is 1.54. The maximum atomic E-state index is 14.0. The minimum Gasteiger partial charge on any atom is -0.378 e. The van der Waals surface area contributed by atoms with Crippen LogP contribution in [-0.4, -0.2) is 85.2 Å². The number of nitrogens with one attached hydrogen (secondary N) is 3. The van der Waals surface area contributed by atoms with Crippen molar-refractivity contribution in [2.24, 2.45) is 10.9 Å². The molecule has 218 valence electrons. The molecule has 0 aromatic heterocycles. The zero-order valence-corrected chi connectivity index (χ0v) is 24.0. The Hall–Kier alpha value is -3.16. The van der Waals surface area contributed by atoms with E-state index >= 15 is 0 Å². The van der Waals surface area contributed by atoms with Gasteiger partial charge in [-0.25, -0.2) is 9.79 Å². The first-order chi connectivity index (χ1) is 19.4. The molecule has 3 amide bonds. The van der Waals surface area contributed by atoms with E-state index in [4.69, 9.17) is 9.73 Å². The molecule has 2 heterocycles. The molecule has 40 heavy (non-hydrogen) atoms. The topological polar surface area (TPSA) is 122 Å². The highest BCUT2D eigenvalue weighted by Gasteiger charge is 2.43. The highest BCUT2D eigenvalue weighted by molar-refractivity contribution is 5.97. The molecule has 0 spiro atoms. The van der Waals surface area contributed by atoms with E-state index in [2.05, 4.69) is 46.0 Å². The number of hydrogen-bond donors (Lipinski definition) is 3. The van der Waals surface area contributed by atoms with Crippen LogP contribution < -0.4 is 16.0 Å². The van der Waals surface area contributed by atoms with Crippen LogP contribution in [0.3, 0.4) is 0 Å². The van der Waals surface area contributed by atoms with Gasteiger partial charge in [0.05, 0.1) is 19.3 Å². The van der Waals surface area contributed by atoms with Gasteiger partial charge in [-0.15, -0.1) is 0 Å². The fraction of sp³-hybridized carbons (Fsp3) is 0.667. The predicted octanol–water partition coefficient (Wildman–Crippen LogP) is 3.18. The molecule has 0 radical (unpaired) electrons. The van der Waals surface area contributed by atoms with Crippen LogP contribution in [0.25, 0.3) is 0 Å². The van der Waals surface area contributed by atoms with E-state index < -0.39 is 11.6 Å². The maximum absolute atomic E-state index is 14.0. The molecule has 10 nitrogen and oxygen atoms in total. The molecular formula is C30H45N7O3. The largest absolute Gasteiger partial charge is 0.378 e. The molecule has 1 aromatic carbocycles. The summed E-state index contributed by atoms with van der Waals surface area (Å²) in [5.74, 6) is 0.534. The lowest BCUT2D eigenvalue weighted by Gasteiger charge is -2.32. The van der Waals surface area contributed by atoms with E-state index in [-0.39, 0.29) is 18.0 Å². The lowest BCUT2D eigenvalue weighted by molar-refractivity contribution is -0.124. The van der Waals surface area contributed by atoms with Crippen LogP contribution in [0.2, 0.25) is 0 Å². The number of morpholine rings is 1. The Morgan fingerprint density at radius 3 is 2.55 bits per heavy atom. The highest BCUT2D eigenvalue weighted by atomic mass is 16.5. The molecule has 3 fully saturated rings. The first-order valence-corrected chi connectivity index (χ1v) is 14.9. The number of aliphatic imine (C=N–C) groups is 1. The number of benzene rings is 1. The number of nitriles is 1. The first-order valence-electron chi connectivity index (χ1n) is 14.9. The Morgan fingerprint density at radius 2 is 1.88 bits per heavy atom. The SMILES string of the molecule is CCNC(=O)NC(=NC(CC1CCCCC1)C(=O)NC1(C#N)CCN(C(C)c2ccccc2)C1)N1CCOCC1. The van der Waals surface area contributed by atoms with E-state index in [9.17, 15) is 14.9 Å². The number of carbonyl (C=O) groups excluding carboxylic acids is 2. The van der Waals surface area contributed by atoms with Gasteiger partial charge in [0.25, 0.3) is 0 Å². The second-order valence-corrected chi connectivity index (χ2v) is 11.3. The summed E-state index contributed by atoms with van der Waals surface area (Å²) >= 11 is 0. The minimum atomic E-state index is -0.980. The van der Waals surface area contributed by atoms with Crippen molar-refractivity contribution in [3.63, 3.8) is 0 Å². The van der Waals surface area contributed by atoms with Crippen LogP contribution in [0.5, 0.6) is 0 Å². The van der Waals surface area contributed by atoms with Gasteiger partial charge in [-0.1, -0.05) is 62.4 Å². The lowest BCUT2D eigenvalue weighted by atomic mass is 9.84. The monoisotopic (exact) mass is 551 g/mol. The fourth-order valence-corrected chi connectivity index (χ4v) is 6.03. The van der Waals surface area contributed by atoms with Gasteiger partial charge in [0.15, 0.2) is 0 Å². The molecule has 0 bridgehead atoms. The fourth-order valence-electron chi connectivity index (χ4n) is 6.03. The number of carbonyl (C=O) groups is 2. The van der Waals surface area contributed by atoms with Crippen molar-refractivity contribution in [1.29, 1.82) is 5.26 Å². The number of rotatable bonds is 8. The van der Waals surface area contributed by atoms with E-state index in [1.807, 2.05) is 30.0 Å². The van der Waals surface area contributed by atoms with Crippen LogP contribution in [0.15, 0.2) is 35.3 Å². The van der Waals surface area contributed by atoms with E-state index in [0.29, 0.717) is 64.1 Å². The van der Waals surface area contributed by atoms with Crippen molar-refractivity contribution in [2.75, 3.05) is 45.9 Å². The average molecular weight is 552 g/mol. The minimum absolute atomic E-state index is 0.138. The second kappa shape index (κ2) is 14.5. The standard InChI is InChI=1S/C30H45N7O3/c1-3-32-29(39)34-28(36-16-18-40-19-17-36)33-26(20-24-10-6-4-7-11-24)27(38)35-30(21-31)14-15-37(22-30)23(2)25-12-8-5-9-13-25/h5,8-9,12-13,23-24,26H,3-4,6-7,10-11,14-20,22H2,1-2H3,(H,35,38)(H2,32,33,34,39). The Bertz CT molecular complexity index is 1050. The summed E-state index contributed by atoms with van der Waals surface area (Å²) < 4.78 is 5.51. The summed E-state index contributed by atoms with van der Waals surface area (Å²) in [5.41, 5.74) is 0.209. The van der Waals surface area contributed by atoms with Crippen molar-refractivity contribution >= 4 is 17.9 Å². The van der Waals surface area contributed by atoms with E-state index in [1.54, 1.807) is 0 Å². The van der Waals surface area contributed by atoms with Crippen LogP contribution >= 0.6 is 0 Å². The Kier molecular flexibility index (Phi) is 10.8. The van der Waals surface area contributed by atoms with Crippen LogP contribution in [-0.2, 0) is 9.53 Å². The molecule has 10 heteroatoms. The van der Waals surface area contributed by atoms with Crippen LogP contribution in [0.1, 0.15) is 70.4 Å². The third kappa shape index (κ3) is 7.95. The molecule has 1 saturated carbocycles. The van der Waals surface area contributed by atoms with Crippen LogP contribution in [0, 0.1) is 17.2 Å². The zero-order valence-electron chi connectivity index (χ0n) is 24.0. The molecule has 1 aromatic rings. The van der Waals surface area contributed by atoms with Gasteiger partial charge in [0.2, 0.25) is 11.9 Å². The van der Waals surface area contributed by atoms with Gasteiger partial charge in [-0.2, -0.15) is 5.26 Å². The molecule has 3 atom stereocenters. The summed E-state index contributed by atoms with van der Waals surface area (Å²) in [7, 11) is 0. The number of nitrogens with zero attached hydrogens (tertiary/aromatic N) is 4. The molecule has 2 aliphatic heterocycles. The van der Waals surface area contributed by atoms with Crippen molar-refractivity contribution < 1.29 is 14.3 Å². The quantitative estimate of drug-likeness (QED) is 0.337. The van der Waals surface area contributed by atoms with Gasteiger partial charge < -0.3 is 20.3 Å². The van der Waals surface area contributed by atoms with Crippen molar-refractivity contribution in [3.05, 3.63) is 35.9 Å². The zero-order chi connectivity index (χ0) is 28.4. The van der Waals surface area contributed by atoms with Crippen molar-refractivity contribution in [1.82, 2.24) is 25.8 Å². The lowest BCUT2D eigenvalue weighted by Crippen LogP contribution is -2.55. The average Bonchev–Trinajstić information content (AvgIpc) is 3.42. The molecule has 2 saturated heterocycles. The van der Waals surface area contributed by atoms with Gasteiger partial charge in [-0.3, -0.25) is 15.0 Å². The van der Waals surface area contributed by atoms with Crippen LogP contribution in [0.4, 0.5) is 4.79 Å². The normalized spacial score (nSPS) is 24.1. The van der Waals surface area contributed by atoms with Gasteiger partial charge in [0.1, 0.15) is 11.6 Å². The number of hydrogen-bond acceptors (Lipinski definition) is 6. The summed E-state index contributed by atoms with van der Waals surface area (Å²) in [5, 5.41) is 19.1. The number of urea groups is 1. The smallest absolute Gasteiger partial charge is 0.321 e. The predicted molar refractivity (Wildman–Crippen MR) is 155 cm³/mol. The van der Waals surface area contributed by atoms with E-state index in [0.717, 1.165) is 32.2 Å². The number of amides is 3. The molecule has 4 rings (SSSR count). The summed E-state index contributed by atoms with van der Waals surface area (Å²) in [6.07, 6.45) is 6.84. The Morgan fingerprint density at radius 1 is 1.15 bits per heavy atom. The molecule has 3 aliphatic rings. The summed E-state index contributed by atoms with van der Waals surface area (Å²) in [6, 6.07) is 11.8. The highest BCUT2D eigenvalue weighted by Crippen LogP contribution is 2.31. The first kappa shape index (κ1) is 29.8. The van der Waals surface area contributed by atoms with Gasteiger partial charge in [-0.05, 0) is 38.2 Å². The third-order valence-electron chi connectivity index (χ3n) is 8.44. The Labute approximate surface area is 238 Å². The third-order valence-corrected chi connectivity index (χ3v) is 8.44. The van der Waals surface area contributed by atoms with Crippen molar-refractivity contribution in [3.8, 4) is 6.07 Å². The van der Waals surface area contributed by atoms with E-state index in [1.165, 1.54) is 12.0 Å². The van der Waals surface area contributed by atoms with Crippen molar-refractivity contribution in [2.45, 2.75) is 76.4 Å². The molecule has 3 unspecified atom stereocenters. The maximum Gasteiger partial charge on any atom is 0.321 e. The second-order valence-electron chi connectivity index (χ2n) is 11.3. The molecular weight excluding hydrogens is 506 g/mol. The van der Waals surface area contributed by atoms with Gasteiger partial charge >= 0.3 is 6.03 Å². The molecule has 1 aliphatic carbocycles. The van der Waals surface area contributed by atoms with Gasteiger partial charge in [0, 0.05) is 38.8 Å².